The Kier molecular flexibility index (Phi) is 8.34. The molecule has 214 valence electrons. The summed E-state index contributed by atoms with van der Waals surface area (Å²) in [5.41, 5.74) is 3.31. The second-order valence-corrected chi connectivity index (χ2v) is 10.8. The molecule has 41 heavy (non-hydrogen) atoms. The Morgan fingerprint density at radius 1 is 0.976 bits per heavy atom. The first kappa shape index (κ1) is 28.3. The van der Waals surface area contributed by atoms with Gasteiger partial charge in [-0.15, -0.1) is 0 Å². The lowest BCUT2D eigenvalue weighted by atomic mass is 9.93. The number of nitrogens with one attached hydrogen (secondary N) is 1. The standard InChI is InChI=1S/C30H33N5O5S/c1-19-27(29(38)32-22-8-10-24(39-3)11-9-22)28(21-6-5-7-25(16-21)40-4)35-23(18-41-30(35)31-19)17-26(37)34-14-12-33(13-15-34)20(2)36/h5-11,16,18,28H,12-15,17H2,1-4H3,(H,32,38). The number of benzene rings is 2. The number of hydrogen-bond donors (Lipinski definition) is 1. The van der Waals surface area contributed by atoms with Crippen LogP contribution in [0.5, 0.6) is 11.5 Å². The van der Waals surface area contributed by atoms with Gasteiger partial charge in [-0.1, -0.05) is 23.9 Å². The average molecular weight is 576 g/mol. The van der Waals surface area contributed by atoms with E-state index in [4.69, 9.17) is 14.5 Å². The maximum atomic E-state index is 13.9. The first-order valence-electron chi connectivity index (χ1n) is 13.4. The molecule has 1 unspecified atom stereocenters. The molecule has 1 saturated heterocycles. The fourth-order valence-corrected chi connectivity index (χ4v) is 6.16. The summed E-state index contributed by atoms with van der Waals surface area (Å²) in [5, 5.41) is 5.66. The van der Waals surface area contributed by atoms with Crippen molar-refractivity contribution in [3.05, 3.63) is 76.5 Å². The van der Waals surface area contributed by atoms with Crippen molar-refractivity contribution in [2.75, 3.05) is 45.7 Å². The van der Waals surface area contributed by atoms with Crippen molar-refractivity contribution < 1.29 is 23.9 Å². The Balaban J connectivity index is 1.44. The highest BCUT2D eigenvalue weighted by atomic mass is 32.2. The van der Waals surface area contributed by atoms with Gasteiger partial charge in [0, 0.05) is 44.5 Å². The summed E-state index contributed by atoms with van der Waals surface area (Å²) < 4.78 is 10.7. The number of carbonyl (C=O) groups excluding carboxylic acids is 3. The van der Waals surface area contributed by atoms with Crippen molar-refractivity contribution >= 4 is 40.3 Å². The number of ether oxygens (including phenoxy) is 2. The molecule has 10 nitrogen and oxygen atoms in total. The van der Waals surface area contributed by atoms with Gasteiger partial charge in [-0.3, -0.25) is 14.4 Å². The van der Waals surface area contributed by atoms with E-state index in [1.165, 1.54) is 11.8 Å². The molecule has 2 aromatic carbocycles. The molecule has 3 aliphatic heterocycles. The molecule has 3 heterocycles. The number of thioether (sulfide) groups is 1. The normalized spacial score (nSPS) is 18.4. The second kappa shape index (κ2) is 12.1. The lowest BCUT2D eigenvalue weighted by Gasteiger charge is -2.38. The molecule has 0 radical (unpaired) electrons. The summed E-state index contributed by atoms with van der Waals surface area (Å²) in [5.74, 6) is 1.06. The van der Waals surface area contributed by atoms with Crippen molar-refractivity contribution in [2.45, 2.75) is 26.3 Å². The van der Waals surface area contributed by atoms with Gasteiger partial charge < -0.3 is 29.5 Å². The smallest absolute Gasteiger partial charge is 0.255 e. The van der Waals surface area contributed by atoms with Gasteiger partial charge in [-0.05, 0) is 54.3 Å². The third kappa shape index (κ3) is 5.95. The number of nitrogens with zero attached hydrogens (tertiary/aromatic N) is 4. The fraction of sp³-hybridized carbons (Fsp3) is 0.333. The van der Waals surface area contributed by atoms with Crippen LogP contribution >= 0.6 is 11.8 Å². The SMILES string of the molecule is COc1ccc(NC(=O)C2=C(C)N=C3SC=C(CC(=O)N4CCN(C(C)=O)CC4)N3C2c2cccc(OC)c2)cc1. The Morgan fingerprint density at radius 3 is 2.32 bits per heavy atom. The van der Waals surface area contributed by atoms with E-state index >= 15 is 0 Å². The molecular formula is C30H33N5O5S. The zero-order valence-electron chi connectivity index (χ0n) is 23.5. The third-order valence-electron chi connectivity index (χ3n) is 7.41. The maximum absolute atomic E-state index is 13.9. The fourth-order valence-electron chi connectivity index (χ4n) is 5.20. The third-order valence-corrected chi connectivity index (χ3v) is 8.30. The van der Waals surface area contributed by atoms with E-state index in [1.54, 1.807) is 55.2 Å². The van der Waals surface area contributed by atoms with Gasteiger partial charge in [0.1, 0.15) is 11.5 Å². The molecule has 0 spiro atoms. The average Bonchev–Trinajstić information content (AvgIpc) is 3.38. The van der Waals surface area contributed by atoms with Crippen LogP contribution in [0.15, 0.2) is 75.9 Å². The monoisotopic (exact) mass is 575 g/mol. The number of amidine groups is 1. The van der Waals surface area contributed by atoms with Crippen LogP contribution in [0.3, 0.4) is 0 Å². The summed E-state index contributed by atoms with van der Waals surface area (Å²) in [6, 6.07) is 14.2. The van der Waals surface area contributed by atoms with E-state index in [0.717, 1.165) is 11.3 Å². The number of hydrogen-bond acceptors (Lipinski definition) is 8. The maximum Gasteiger partial charge on any atom is 0.255 e. The number of allylic oxidation sites excluding steroid dienone is 1. The molecule has 0 saturated carbocycles. The van der Waals surface area contributed by atoms with Crippen LogP contribution in [0, 0.1) is 0 Å². The van der Waals surface area contributed by atoms with Crippen molar-refractivity contribution in [1.29, 1.82) is 0 Å². The summed E-state index contributed by atoms with van der Waals surface area (Å²) in [6.07, 6.45) is 0.152. The zero-order chi connectivity index (χ0) is 29.1. The quantitative estimate of drug-likeness (QED) is 0.532. The van der Waals surface area contributed by atoms with Crippen molar-refractivity contribution in [2.24, 2.45) is 4.99 Å². The minimum absolute atomic E-state index is 0.0184. The van der Waals surface area contributed by atoms with E-state index in [9.17, 15) is 14.4 Å². The molecule has 1 N–H and O–H groups in total. The predicted octanol–water partition coefficient (Wildman–Crippen LogP) is 4.00. The number of piperazine rings is 1. The molecular weight excluding hydrogens is 542 g/mol. The minimum Gasteiger partial charge on any atom is -0.497 e. The highest BCUT2D eigenvalue weighted by molar-refractivity contribution is 8.16. The Hall–Kier alpha value is -4.25. The van der Waals surface area contributed by atoms with Gasteiger partial charge in [0.2, 0.25) is 11.8 Å². The summed E-state index contributed by atoms with van der Waals surface area (Å²) >= 11 is 1.44. The molecule has 2 aromatic rings. The lowest BCUT2D eigenvalue weighted by Crippen LogP contribution is -2.50. The van der Waals surface area contributed by atoms with Gasteiger partial charge >= 0.3 is 0 Å². The van der Waals surface area contributed by atoms with Gasteiger partial charge in [0.15, 0.2) is 5.17 Å². The topological polar surface area (TPSA) is 104 Å². The Bertz CT molecular complexity index is 1440. The van der Waals surface area contributed by atoms with Gasteiger partial charge in [0.05, 0.1) is 38.0 Å². The Labute approximate surface area is 243 Å². The number of amides is 3. The Morgan fingerprint density at radius 2 is 1.66 bits per heavy atom. The van der Waals surface area contributed by atoms with E-state index in [-0.39, 0.29) is 24.1 Å². The highest BCUT2D eigenvalue weighted by Crippen LogP contribution is 2.45. The number of fused-ring (bicyclic) bond motifs is 1. The highest BCUT2D eigenvalue weighted by Gasteiger charge is 2.41. The largest absolute Gasteiger partial charge is 0.497 e. The minimum atomic E-state index is -0.528. The van der Waals surface area contributed by atoms with Gasteiger partial charge in [-0.25, -0.2) is 4.99 Å². The van der Waals surface area contributed by atoms with Crippen LogP contribution in [0.2, 0.25) is 0 Å². The van der Waals surface area contributed by atoms with E-state index in [2.05, 4.69) is 5.32 Å². The molecule has 0 aliphatic carbocycles. The molecule has 5 rings (SSSR count). The first-order valence-corrected chi connectivity index (χ1v) is 14.2. The molecule has 3 aliphatic rings. The van der Waals surface area contributed by atoms with Crippen LogP contribution in [0.4, 0.5) is 5.69 Å². The summed E-state index contributed by atoms with van der Waals surface area (Å²) in [6.45, 7) is 5.41. The molecule has 1 fully saturated rings. The lowest BCUT2D eigenvalue weighted by molar-refractivity contribution is -0.138. The zero-order valence-corrected chi connectivity index (χ0v) is 24.4. The van der Waals surface area contributed by atoms with Crippen LogP contribution in [0.25, 0.3) is 0 Å². The van der Waals surface area contributed by atoms with E-state index < -0.39 is 6.04 Å². The van der Waals surface area contributed by atoms with Crippen LogP contribution in [0.1, 0.15) is 31.9 Å². The van der Waals surface area contributed by atoms with Crippen LogP contribution in [-0.4, -0.2) is 78.0 Å². The summed E-state index contributed by atoms with van der Waals surface area (Å²) in [4.78, 5) is 49.3. The van der Waals surface area contributed by atoms with Gasteiger partial charge in [0.25, 0.3) is 5.91 Å². The number of rotatable bonds is 7. The molecule has 0 aromatic heterocycles. The van der Waals surface area contributed by atoms with Crippen molar-refractivity contribution in [1.82, 2.24) is 14.7 Å². The van der Waals surface area contributed by atoms with Crippen LogP contribution < -0.4 is 14.8 Å². The summed E-state index contributed by atoms with van der Waals surface area (Å²) in [7, 11) is 3.20. The number of methoxy groups -OCH3 is 2. The predicted molar refractivity (Wildman–Crippen MR) is 158 cm³/mol. The van der Waals surface area contributed by atoms with Crippen molar-refractivity contribution in [3.8, 4) is 11.5 Å². The van der Waals surface area contributed by atoms with Gasteiger partial charge in [-0.2, -0.15) is 0 Å². The number of carbonyl (C=O) groups is 3. The number of aliphatic imine (C=N–C) groups is 1. The van der Waals surface area contributed by atoms with E-state index in [0.29, 0.717) is 59.8 Å². The number of anilines is 1. The second-order valence-electron chi connectivity index (χ2n) is 9.92. The molecule has 3 amide bonds. The first-order chi connectivity index (χ1) is 19.8. The van der Waals surface area contributed by atoms with E-state index in [1.807, 2.05) is 41.5 Å². The molecule has 0 bridgehead atoms. The van der Waals surface area contributed by atoms with Crippen molar-refractivity contribution in [3.63, 3.8) is 0 Å². The molecule has 11 heteroatoms. The van der Waals surface area contributed by atoms with Crippen LogP contribution in [-0.2, 0) is 14.4 Å². The molecule has 1 atom stereocenters.